The number of pyridine rings is 1. The molecule has 0 aromatic carbocycles. The number of carbonyl (C=O) groups excluding carboxylic acids is 3. The van der Waals surface area contributed by atoms with E-state index in [4.69, 9.17) is 9.40 Å². The summed E-state index contributed by atoms with van der Waals surface area (Å²) in [7, 11) is 0. The first-order valence-corrected chi connectivity index (χ1v) is 14.2. The summed E-state index contributed by atoms with van der Waals surface area (Å²) >= 11 is 3.33. The molecule has 4 heterocycles. The minimum absolute atomic E-state index is 0.0332. The Morgan fingerprint density at radius 2 is 2.03 bits per heavy atom. The molecule has 1 atom stereocenters. The smallest absolute Gasteiger partial charge is 0.253 e. The Hall–Kier alpha value is -2.46. The highest BCUT2D eigenvalue weighted by Crippen LogP contribution is 2.31. The van der Waals surface area contributed by atoms with E-state index in [0.717, 1.165) is 41.5 Å². The van der Waals surface area contributed by atoms with Crippen molar-refractivity contribution in [3.8, 4) is 0 Å². The maximum Gasteiger partial charge on any atom is 0.253 e. The Bertz CT molecular complexity index is 1040. The van der Waals surface area contributed by atoms with Crippen LogP contribution in [0.3, 0.4) is 0 Å². The SMILES string of the molecule is CC(=O)N1CSC[C@H]1C(=O)N1CCC(c2nc(C)ccc2C(=O)NCCSCc2ccco2)CC1. The second-order valence-corrected chi connectivity index (χ2v) is 11.0. The number of piperidine rings is 1. The van der Waals surface area contributed by atoms with Crippen LogP contribution in [-0.4, -0.2) is 75.6 Å². The molecule has 4 rings (SSSR count). The van der Waals surface area contributed by atoms with Crippen molar-refractivity contribution in [2.75, 3.05) is 37.0 Å². The van der Waals surface area contributed by atoms with Crippen LogP contribution in [0.15, 0.2) is 34.9 Å². The summed E-state index contributed by atoms with van der Waals surface area (Å²) in [5, 5.41) is 3.02. The predicted molar refractivity (Wildman–Crippen MR) is 138 cm³/mol. The fourth-order valence-corrected chi connectivity index (χ4v) is 6.49. The summed E-state index contributed by atoms with van der Waals surface area (Å²) in [5.74, 6) is 3.72. The van der Waals surface area contributed by atoms with E-state index in [1.807, 2.05) is 36.1 Å². The summed E-state index contributed by atoms with van der Waals surface area (Å²) in [6.45, 7) is 5.24. The minimum atomic E-state index is -0.363. The van der Waals surface area contributed by atoms with Crippen LogP contribution in [0.5, 0.6) is 0 Å². The average Bonchev–Trinajstić information content (AvgIpc) is 3.56. The lowest BCUT2D eigenvalue weighted by Crippen LogP contribution is -2.50. The van der Waals surface area contributed by atoms with E-state index < -0.39 is 0 Å². The van der Waals surface area contributed by atoms with Crippen LogP contribution in [0.2, 0.25) is 0 Å². The molecule has 8 nitrogen and oxygen atoms in total. The van der Waals surface area contributed by atoms with Gasteiger partial charge in [-0.3, -0.25) is 19.4 Å². The molecule has 2 aromatic heterocycles. The Labute approximate surface area is 214 Å². The number of thioether (sulfide) groups is 2. The van der Waals surface area contributed by atoms with Crippen molar-refractivity contribution in [2.45, 2.75) is 44.4 Å². The average molecular weight is 517 g/mol. The summed E-state index contributed by atoms with van der Waals surface area (Å²) in [4.78, 5) is 46.2. The van der Waals surface area contributed by atoms with Crippen molar-refractivity contribution in [1.29, 1.82) is 0 Å². The first kappa shape index (κ1) is 25.6. The maximum absolute atomic E-state index is 13.1. The van der Waals surface area contributed by atoms with Gasteiger partial charge < -0.3 is 19.5 Å². The van der Waals surface area contributed by atoms with Gasteiger partial charge in [0.1, 0.15) is 11.8 Å². The number of hydrogen-bond acceptors (Lipinski definition) is 7. The van der Waals surface area contributed by atoms with Crippen LogP contribution in [0.25, 0.3) is 0 Å². The monoisotopic (exact) mass is 516 g/mol. The molecule has 0 aliphatic carbocycles. The minimum Gasteiger partial charge on any atom is -0.468 e. The lowest BCUT2D eigenvalue weighted by atomic mass is 9.89. The number of hydrogen-bond donors (Lipinski definition) is 1. The fourth-order valence-electron chi connectivity index (χ4n) is 4.52. The number of nitrogens with zero attached hydrogens (tertiary/aromatic N) is 3. The molecule has 1 N–H and O–H groups in total. The zero-order valence-corrected chi connectivity index (χ0v) is 21.8. The first-order chi connectivity index (χ1) is 16.9. The zero-order chi connectivity index (χ0) is 24.8. The largest absolute Gasteiger partial charge is 0.468 e. The number of aryl methyl sites for hydroxylation is 1. The fraction of sp³-hybridized carbons (Fsp3) is 0.520. The topological polar surface area (TPSA) is 95.8 Å². The molecule has 10 heteroatoms. The van der Waals surface area contributed by atoms with Gasteiger partial charge in [-0.05, 0) is 44.0 Å². The van der Waals surface area contributed by atoms with Gasteiger partial charge >= 0.3 is 0 Å². The summed E-state index contributed by atoms with van der Waals surface area (Å²) in [6, 6.07) is 7.19. The van der Waals surface area contributed by atoms with Crippen molar-refractivity contribution in [3.63, 3.8) is 0 Å². The van der Waals surface area contributed by atoms with Gasteiger partial charge in [-0.15, -0.1) is 11.8 Å². The third-order valence-corrected chi connectivity index (χ3v) is 8.42. The molecule has 0 unspecified atom stereocenters. The zero-order valence-electron chi connectivity index (χ0n) is 20.2. The van der Waals surface area contributed by atoms with Crippen molar-refractivity contribution in [1.82, 2.24) is 20.1 Å². The molecule has 188 valence electrons. The summed E-state index contributed by atoms with van der Waals surface area (Å²) < 4.78 is 5.33. The van der Waals surface area contributed by atoms with E-state index in [1.165, 1.54) is 6.92 Å². The number of likely N-dealkylation sites (tertiary alicyclic amines) is 1. The lowest BCUT2D eigenvalue weighted by molar-refractivity contribution is -0.143. The molecule has 2 aromatic rings. The Kier molecular flexibility index (Phi) is 8.78. The number of rotatable bonds is 8. The Morgan fingerprint density at radius 3 is 2.74 bits per heavy atom. The van der Waals surface area contributed by atoms with E-state index >= 15 is 0 Å². The van der Waals surface area contributed by atoms with Crippen molar-refractivity contribution in [3.05, 3.63) is 53.2 Å². The van der Waals surface area contributed by atoms with Gasteiger partial charge in [-0.1, -0.05) is 0 Å². The number of furan rings is 1. The molecule has 3 amide bonds. The van der Waals surface area contributed by atoms with Crippen LogP contribution < -0.4 is 5.32 Å². The summed E-state index contributed by atoms with van der Waals surface area (Å²) in [5.41, 5.74) is 2.31. The molecule has 0 radical (unpaired) electrons. The molecule has 0 spiro atoms. The van der Waals surface area contributed by atoms with Gasteiger partial charge in [0, 0.05) is 49.7 Å². The summed E-state index contributed by atoms with van der Waals surface area (Å²) in [6.07, 6.45) is 3.17. The molecule has 35 heavy (non-hydrogen) atoms. The molecular formula is C25H32N4O4S2. The molecule has 2 aliphatic heterocycles. The van der Waals surface area contributed by atoms with Crippen LogP contribution >= 0.6 is 23.5 Å². The van der Waals surface area contributed by atoms with Crippen LogP contribution in [0.4, 0.5) is 0 Å². The van der Waals surface area contributed by atoms with Crippen LogP contribution in [-0.2, 0) is 15.3 Å². The van der Waals surface area contributed by atoms with E-state index in [9.17, 15) is 14.4 Å². The van der Waals surface area contributed by atoms with E-state index in [2.05, 4.69) is 5.32 Å². The molecule has 2 fully saturated rings. The highest BCUT2D eigenvalue weighted by atomic mass is 32.2. The van der Waals surface area contributed by atoms with E-state index in [1.54, 1.807) is 34.7 Å². The van der Waals surface area contributed by atoms with Gasteiger partial charge in [-0.2, -0.15) is 11.8 Å². The van der Waals surface area contributed by atoms with E-state index in [0.29, 0.717) is 36.8 Å². The van der Waals surface area contributed by atoms with Gasteiger partial charge in [0.15, 0.2) is 0 Å². The van der Waals surface area contributed by atoms with Gasteiger partial charge in [-0.25, -0.2) is 0 Å². The molecule has 0 saturated carbocycles. The van der Waals surface area contributed by atoms with Gasteiger partial charge in [0.25, 0.3) is 5.91 Å². The second kappa shape index (κ2) is 12.0. The molecular weight excluding hydrogens is 484 g/mol. The first-order valence-electron chi connectivity index (χ1n) is 11.9. The van der Waals surface area contributed by atoms with Gasteiger partial charge in [0.05, 0.1) is 29.2 Å². The highest BCUT2D eigenvalue weighted by Gasteiger charge is 2.37. The highest BCUT2D eigenvalue weighted by molar-refractivity contribution is 7.99. The Balaban J connectivity index is 1.32. The standard InChI is InChI=1S/C25H32N4O4S2/c1-17-5-6-21(24(31)26-9-13-34-14-20-4-3-12-33-20)23(27-17)19-7-10-28(11-8-19)25(32)22-15-35-16-29(22)18(2)30/h3-6,12,19,22H,7-11,13-16H2,1-2H3,(H,26,31)/t22-/m0/s1. The van der Waals surface area contributed by atoms with Crippen molar-refractivity contribution >= 4 is 41.2 Å². The molecule has 2 aliphatic rings. The third kappa shape index (κ3) is 6.41. The normalized spacial score (nSPS) is 18.6. The second-order valence-electron chi connectivity index (χ2n) is 8.88. The quantitative estimate of drug-likeness (QED) is 0.538. The molecule has 2 saturated heterocycles. The number of carbonyl (C=O) groups is 3. The maximum atomic E-state index is 13.1. The van der Waals surface area contributed by atoms with E-state index in [-0.39, 0.29) is 29.7 Å². The number of aromatic nitrogens is 1. The lowest BCUT2D eigenvalue weighted by Gasteiger charge is -2.35. The number of amides is 3. The number of nitrogens with one attached hydrogen (secondary N) is 1. The third-order valence-electron chi connectivity index (χ3n) is 6.43. The van der Waals surface area contributed by atoms with Crippen molar-refractivity contribution < 1.29 is 18.8 Å². The Morgan fingerprint density at radius 1 is 1.23 bits per heavy atom. The van der Waals surface area contributed by atoms with Crippen molar-refractivity contribution in [2.24, 2.45) is 0 Å². The van der Waals surface area contributed by atoms with Crippen LogP contribution in [0, 0.1) is 6.92 Å². The molecule has 0 bridgehead atoms. The van der Waals surface area contributed by atoms with Crippen LogP contribution in [0.1, 0.15) is 53.2 Å². The predicted octanol–water partition coefficient (Wildman–Crippen LogP) is 3.27. The van der Waals surface area contributed by atoms with Gasteiger partial charge in [0.2, 0.25) is 11.8 Å².